The van der Waals surface area contributed by atoms with Crippen molar-refractivity contribution < 1.29 is 22.4 Å². The predicted octanol–water partition coefficient (Wildman–Crippen LogP) is 2.53. The lowest BCUT2D eigenvalue weighted by Crippen LogP contribution is -2.52. The predicted molar refractivity (Wildman–Crippen MR) is 127 cm³/mol. The van der Waals surface area contributed by atoms with Crippen LogP contribution in [0.15, 0.2) is 53.4 Å². The van der Waals surface area contributed by atoms with Crippen LogP contribution in [0.5, 0.6) is 0 Å². The monoisotopic (exact) mass is 488 g/mol. The minimum Gasteiger partial charge on any atom is -0.366 e. The van der Waals surface area contributed by atoms with Gasteiger partial charge in [-0.3, -0.25) is 9.59 Å². The molecule has 0 aliphatic carbocycles. The minimum absolute atomic E-state index is 0.0462. The molecule has 10 heteroatoms. The number of nitrogens with zero attached hydrogens (tertiary/aromatic N) is 3. The first-order chi connectivity index (χ1) is 16.3. The molecule has 34 heavy (non-hydrogen) atoms. The Bertz CT molecular complexity index is 1140. The normalized spacial score (nSPS) is 18.1. The van der Waals surface area contributed by atoms with Gasteiger partial charge in [-0.1, -0.05) is 12.1 Å². The number of hydrogen-bond acceptors (Lipinski definition) is 5. The number of nitrogens with one attached hydrogen (secondary N) is 1. The van der Waals surface area contributed by atoms with Gasteiger partial charge in [0, 0.05) is 57.8 Å². The zero-order chi connectivity index (χ0) is 24.3. The Hall–Kier alpha value is -2.98. The number of carbonyl (C=O) groups is 2. The molecule has 2 aromatic rings. The molecule has 4 rings (SSSR count). The lowest BCUT2D eigenvalue weighted by Gasteiger charge is -2.39. The molecule has 2 amide bonds. The number of benzene rings is 2. The van der Waals surface area contributed by atoms with E-state index in [1.807, 2.05) is 9.80 Å². The molecule has 0 spiro atoms. The Morgan fingerprint density at radius 2 is 1.53 bits per heavy atom. The number of piperidine rings is 1. The summed E-state index contributed by atoms with van der Waals surface area (Å²) >= 11 is 0. The van der Waals surface area contributed by atoms with Crippen LogP contribution in [-0.4, -0.2) is 68.7 Å². The summed E-state index contributed by atoms with van der Waals surface area (Å²) in [6, 6.07) is 12.7. The SMILES string of the molecule is CC(=O)Nc1ccc(S(=O)(=O)N2CCC(C(=O)N3CCN(c4ccccc4F)CC3)CC2)cc1. The summed E-state index contributed by atoms with van der Waals surface area (Å²) in [7, 11) is -3.67. The second-order valence-corrected chi connectivity index (χ2v) is 10.6. The van der Waals surface area contributed by atoms with Gasteiger partial charge in [0.1, 0.15) is 5.82 Å². The number of rotatable bonds is 5. The number of hydrogen-bond donors (Lipinski definition) is 1. The second-order valence-electron chi connectivity index (χ2n) is 8.65. The highest BCUT2D eigenvalue weighted by Gasteiger charge is 2.34. The maximum Gasteiger partial charge on any atom is 0.243 e. The van der Waals surface area contributed by atoms with E-state index in [-0.39, 0.29) is 41.5 Å². The van der Waals surface area contributed by atoms with Crippen LogP contribution in [0.4, 0.5) is 15.8 Å². The van der Waals surface area contributed by atoms with E-state index in [1.165, 1.54) is 29.4 Å². The average molecular weight is 489 g/mol. The van der Waals surface area contributed by atoms with Gasteiger partial charge in [0.2, 0.25) is 21.8 Å². The summed E-state index contributed by atoms with van der Waals surface area (Å²) in [5, 5.41) is 2.62. The van der Waals surface area contributed by atoms with Crippen LogP contribution in [0.25, 0.3) is 0 Å². The van der Waals surface area contributed by atoms with Gasteiger partial charge in [0.05, 0.1) is 10.6 Å². The fourth-order valence-electron chi connectivity index (χ4n) is 4.54. The van der Waals surface area contributed by atoms with Crippen molar-refractivity contribution >= 4 is 33.2 Å². The van der Waals surface area contributed by atoms with Crippen LogP contribution in [-0.2, 0) is 19.6 Å². The highest BCUT2D eigenvalue weighted by atomic mass is 32.2. The third-order valence-electron chi connectivity index (χ3n) is 6.40. The largest absolute Gasteiger partial charge is 0.366 e. The summed E-state index contributed by atoms with van der Waals surface area (Å²) in [4.78, 5) is 28.1. The quantitative estimate of drug-likeness (QED) is 0.699. The molecular formula is C24H29FN4O4S. The lowest BCUT2D eigenvalue weighted by molar-refractivity contribution is -0.137. The summed E-state index contributed by atoms with van der Waals surface area (Å²) in [5.74, 6) is -0.657. The fraction of sp³-hybridized carbons (Fsp3) is 0.417. The Kier molecular flexibility index (Phi) is 7.18. The van der Waals surface area contributed by atoms with Crippen LogP contribution < -0.4 is 10.2 Å². The molecule has 2 aliphatic rings. The van der Waals surface area contributed by atoms with Gasteiger partial charge in [0.25, 0.3) is 0 Å². The van der Waals surface area contributed by atoms with E-state index in [0.29, 0.717) is 50.4 Å². The average Bonchev–Trinajstić information content (AvgIpc) is 2.84. The number of sulfonamides is 1. The molecule has 0 bridgehead atoms. The number of halogens is 1. The summed E-state index contributed by atoms with van der Waals surface area (Å²) in [6.07, 6.45) is 0.936. The molecule has 2 heterocycles. The number of amides is 2. The zero-order valence-electron chi connectivity index (χ0n) is 19.1. The maximum atomic E-state index is 14.1. The number of para-hydroxylation sites is 1. The first-order valence-electron chi connectivity index (χ1n) is 11.4. The first-order valence-corrected chi connectivity index (χ1v) is 12.9. The molecule has 2 saturated heterocycles. The Morgan fingerprint density at radius 1 is 0.912 bits per heavy atom. The van der Waals surface area contributed by atoms with E-state index in [0.717, 1.165) is 0 Å². The van der Waals surface area contributed by atoms with Gasteiger partial charge in [-0.15, -0.1) is 0 Å². The van der Waals surface area contributed by atoms with Crippen LogP contribution in [0.2, 0.25) is 0 Å². The van der Waals surface area contributed by atoms with Gasteiger partial charge in [0.15, 0.2) is 0 Å². The molecule has 8 nitrogen and oxygen atoms in total. The van der Waals surface area contributed by atoms with Crippen molar-refractivity contribution in [3.05, 3.63) is 54.3 Å². The molecule has 0 aromatic heterocycles. The van der Waals surface area contributed by atoms with Crippen molar-refractivity contribution in [2.75, 3.05) is 49.5 Å². The van der Waals surface area contributed by atoms with E-state index in [9.17, 15) is 22.4 Å². The number of carbonyl (C=O) groups excluding carboxylic acids is 2. The summed E-state index contributed by atoms with van der Waals surface area (Å²) < 4.78 is 41.5. The van der Waals surface area contributed by atoms with Gasteiger partial charge >= 0.3 is 0 Å². The van der Waals surface area contributed by atoms with Crippen molar-refractivity contribution in [3.8, 4) is 0 Å². The van der Waals surface area contributed by atoms with Crippen LogP contribution in [0.3, 0.4) is 0 Å². The van der Waals surface area contributed by atoms with E-state index in [2.05, 4.69) is 5.32 Å². The smallest absolute Gasteiger partial charge is 0.243 e. The second kappa shape index (κ2) is 10.1. The highest BCUT2D eigenvalue weighted by Crippen LogP contribution is 2.27. The van der Waals surface area contributed by atoms with Gasteiger partial charge < -0.3 is 15.1 Å². The third-order valence-corrected chi connectivity index (χ3v) is 8.31. The summed E-state index contributed by atoms with van der Waals surface area (Å²) in [6.45, 7) is 4.11. The Labute approximate surface area is 199 Å². The van der Waals surface area contributed by atoms with Gasteiger partial charge in [-0.25, -0.2) is 12.8 Å². The van der Waals surface area contributed by atoms with Crippen LogP contribution in [0.1, 0.15) is 19.8 Å². The summed E-state index contributed by atoms with van der Waals surface area (Å²) in [5.41, 5.74) is 1.09. The van der Waals surface area contributed by atoms with Crippen molar-refractivity contribution in [1.29, 1.82) is 0 Å². The topological polar surface area (TPSA) is 90.0 Å². The molecular weight excluding hydrogens is 459 g/mol. The molecule has 2 aliphatic heterocycles. The van der Waals surface area contributed by atoms with Crippen molar-refractivity contribution in [2.24, 2.45) is 5.92 Å². The molecule has 1 N–H and O–H groups in total. The van der Waals surface area contributed by atoms with Crippen molar-refractivity contribution in [1.82, 2.24) is 9.21 Å². The van der Waals surface area contributed by atoms with Gasteiger partial charge in [-0.2, -0.15) is 4.31 Å². The van der Waals surface area contributed by atoms with Gasteiger partial charge in [-0.05, 0) is 49.2 Å². The minimum atomic E-state index is -3.67. The van der Waals surface area contributed by atoms with E-state index in [4.69, 9.17) is 0 Å². The Balaban J connectivity index is 1.31. The molecule has 0 saturated carbocycles. The highest BCUT2D eigenvalue weighted by molar-refractivity contribution is 7.89. The van der Waals surface area contributed by atoms with E-state index >= 15 is 0 Å². The molecule has 0 unspecified atom stereocenters. The number of piperazine rings is 1. The molecule has 0 radical (unpaired) electrons. The van der Waals surface area contributed by atoms with E-state index in [1.54, 1.807) is 30.3 Å². The third kappa shape index (κ3) is 5.23. The fourth-order valence-corrected chi connectivity index (χ4v) is 6.01. The number of anilines is 2. The zero-order valence-corrected chi connectivity index (χ0v) is 19.9. The van der Waals surface area contributed by atoms with Crippen molar-refractivity contribution in [2.45, 2.75) is 24.7 Å². The van der Waals surface area contributed by atoms with Crippen LogP contribution in [0, 0.1) is 11.7 Å². The Morgan fingerprint density at radius 3 is 2.12 bits per heavy atom. The molecule has 2 fully saturated rings. The van der Waals surface area contributed by atoms with Crippen LogP contribution >= 0.6 is 0 Å². The molecule has 0 atom stereocenters. The maximum absolute atomic E-state index is 14.1. The van der Waals surface area contributed by atoms with Crippen molar-refractivity contribution in [3.63, 3.8) is 0 Å². The van der Waals surface area contributed by atoms with E-state index < -0.39 is 10.0 Å². The molecule has 182 valence electrons. The molecule has 2 aromatic carbocycles. The standard InChI is InChI=1S/C24H29FN4O4S/c1-18(30)26-20-6-8-21(9-7-20)34(32,33)29-12-10-19(11-13-29)24(31)28-16-14-27(15-17-28)23-5-3-2-4-22(23)25/h2-9,19H,10-17H2,1H3,(H,26,30). The first kappa shape index (κ1) is 24.2. The lowest BCUT2D eigenvalue weighted by atomic mass is 9.96.